The van der Waals surface area contributed by atoms with Gasteiger partial charge in [-0.15, -0.1) is 0 Å². The number of aryl methyl sites for hydroxylation is 1. The normalized spacial score (nSPS) is 14.5. The third-order valence-corrected chi connectivity index (χ3v) is 7.38. The molecular weight excluding hydrogens is 400 g/mol. The predicted molar refractivity (Wildman–Crippen MR) is 118 cm³/mol. The maximum atomic E-state index is 13.5. The monoisotopic (exact) mass is 430 g/mol. The Labute approximate surface area is 179 Å². The molecule has 1 aliphatic carbocycles. The number of sulfonamides is 1. The van der Waals surface area contributed by atoms with Gasteiger partial charge in [-0.2, -0.15) is 0 Å². The van der Waals surface area contributed by atoms with E-state index in [0.29, 0.717) is 18.0 Å². The lowest BCUT2D eigenvalue weighted by Crippen LogP contribution is -2.44. The Hall–Kier alpha value is -2.54. The molecule has 0 N–H and O–H groups in total. The first-order valence-electron chi connectivity index (χ1n) is 10.4. The summed E-state index contributed by atoms with van der Waals surface area (Å²) in [4.78, 5) is 14.9. The molecule has 0 spiro atoms. The molecule has 0 atom stereocenters. The number of amides is 1. The van der Waals surface area contributed by atoms with Crippen molar-refractivity contribution < 1.29 is 17.9 Å². The average Bonchev–Trinajstić information content (AvgIpc) is 3.27. The van der Waals surface area contributed by atoms with Crippen molar-refractivity contribution in [3.63, 3.8) is 0 Å². The maximum Gasteiger partial charge on any atom is 0.264 e. The minimum absolute atomic E-state index is 0.165. The molecule has 0 aromatic heterocycles. The molecule has 0 bridgehead atoms. The summed E-state index contributed by atoms with van der Waals surface area (Å²) in [6, 6.07) is 13.7. The first-order chi connectivity index (χ1) is 14.3. The Balaban J connectivity index is 1.93. The van der Waals surface area contributed by atoms with Crippen molar-refractivity contribution in [3.8, 4) is 5.75 Å². The zero-order chi connectivity index (χ0) is 21.7. The molecule has 1 amide bonds. The molecule has 0 unspecified atom stereocenters. The summed E-state index contributed by atoms with van der Waals surface area (Å²) in [5.41, 5.74) is 1.41. The molecule has 6 nitrogen and oxygen atoms in total. The van der Waals surface area contributed by atoms with Gasteiger partial charge in [-0.25, -0.2) is 8.42 Å². The standard InChI is InChI=1S/C23H30N2O4S/c1-4-29-21-13-11-20(12-14-21)25(17-23(26)24(3)19-7-5-6-8-19)30(27,28)22-15-9-18(2)10-16-22/h9-16,19H,4-8,17H2,1-3H3. The zero-order valence-corrected chi connectivity index (χ0v) is 18.7. The third-order valence-electron chi connectivity index (χ3n) is 5.59. The molecule has 0 heterocycles. The molecule has 1 fully saturated rings. The van der Waals surface area contributed by atoms with Gasteiger partial charge in [0.05, 0.1) is 17.2 Å². The van der Waals surface area contributed by atoms with Gasteiger partial charge in [-0.1, -0.05) is 30.5 Å². The van der Waals surface area contributed by atoms with Crippen LogP contribution in [0.25, 0.3) is 0 Å². The highest BCUT2D eigenvalue weighted by Gasteiger charge is 2.30. The summed E-state index contributed by atoms with van der Waals surface area (Å²) in [5, 5.41) is 0. The van der Waals surface area contributed by atoms with Crippen molar-refractivity contribution in [2.75, 3.05) is 24.5 Å². The Morgan fingerprint density at radius 3 is 2.20 bits per heavy atom. The van der Waals surface area contributed by atoms with E-state index in [-0.39, 0.29) is 23.4 Å². The molecule has 0 aliphatic heterocycles. The molecule has 7 heteroatoms. The largest absolute Gasteiger partial charge is 0.494 e. The number of rotatable bonds is 8. The van der Waals surface area contributed by atoms with E-state index in [1.165, 1.54) is 4.31 Å². The van der Waals surface area contributed by atoms with E-state index in [1.54, 1.807) is 60.5 Å². The number of likely N-dealkylation sites (N-methyl/N-ethyl adjacent to an activating group) is 1. The van der Waals surface area contributed by atoms with Crippen LogP contribution in [-0.4, -0.2) is 45.5 Å². The van der Waals surface area contributed by atoms with Crippen LogP contribution >= 0.6 is 0 Å². The number of carbonyl (C=O) groups is 1. The number of nitrogens with zero attached hydrogens (tertiary/aromatic N) is 2. The number of anilines is 1. The van der Waals surface area contributed by atoms with Crippen LogP contribution in [0, 0.1) is 6.92 Å². The van der Waals surface area contributed by atoms with Gasteiger partial charge in [-0.3, -0.25) is 9.10 Å². The van der Waals surface area contributed by atoms with Crippen LogP contribution in [0.15, 0.2) is 53.4 Å². The van der Waals surface area contributed by atoms with Gasteiger partial charge in [0, 0.05) is 13.1 Å². The van der Waals surface area contributed by atoms with E-state index in [4.69, 9.17) is 4.74 Å². The van der Waals surface area contributed by atoms with Crippen LogP contribution in [0.1, 0.15) is 38.2 Å². The third kappa shape index (κ3) is 4.95. The van der Waals surface area contributed by atoms with Gasteiger partial charge < -0.3 is 9.64 Å². The minimum atomic E-state index is -3.90. The van der Waals surface area contributed by atoms with Gasteiger partial charge in [0.15, 0.2) is 0 Å². The highest BCUT2D eigenvalue weighted by molar-refractivity contribution is 7.92. The molecule has 0 radical (unpaired) electrons. The molecule has 0 saturated heterocycles. The molecular formula is C23H30N2O4S. The fourth-order valence-corrected chi connectivity index (χ4v) is 5.17. The highest BCUT2D eigenvalue weighted by Crippen LogP contribution is 2.27. The van der Waals surface area contributed by atoms with Crippen molar-refractivity contribution in [2.24, 2.45) is 0 Å². The topological polar surface area (TPSA) is 66.9 Å². The van der Waals surface area contributed by atoms with Crippen molar-refractivity contribution in [1.82, 2.24) is 4.90 Å². The van der Waals surface area contributed by atoms with Gasteiger partial charge in [0.1, 0.15) is 12.3 Å². The van der Waals surface area contributed by atoms with Crippen molar-refractivity contribution >= 4 is 21.6 Å². The first kappa shape index (κ1) is 22.2. The van der Waals surface area contributed by atoms with E-state index in [9.17, 15) is 13.2 Å². The van der Waals surface area contributed by atoms with Crippen LogP contribution in [0.5, 0.6) is 5.75 Å². The molecule has 3 rings (SSSR count). The summed E-state index contributed by atoms with van der Waals surface area (Å²) in [6.07, 6.45) is 4.14. The summed E-state index contributed by atoms with van der Waals surface area (Å²) < 4.78 is 33.6. The zero-order valence-electron chi connectivity index (χ0n) is 17.9. The summed E-state index contributed by atoms with van der Waals surface area (Å²) in [6.45, 7) is 4.08. The fraction of sp³-hybridized carbons (Fsp3) is 0.435. The second-order valence-electron chi connectivity index (χ2n) is 7.69. The van der Waals surface area contributed by atoms with Gasteiger partial charge in [0.25, 0.3) is 10.0 Å². The van der Waals surface area contributed by atoms with Gasteiger partial charge >= 0.3 is 0 Å². The number of ether oxygens (including phenoxy) is 1. The molecule has 2 aromatic carbocycles. The van der Waals surface area contributed by atoms with Gasteiger partial charge in [0.2, 0.25) is 5.91 Å². The van der Waals surface area contributed by atoms with E-state index in [0.717, 1.165) is 31.2 Å². The molecule has 1 saturated carbocycles. The number of hydrogen-bond acceptors (Lipinski definition) is 4. The van der Waals surface area contributed by atoms with Crippen LogP contribution in [0.4, 0.5) is 5.69 Å². The van der Waals surface area contributed by atoms with Crippen molar-refractivity contribution in [3.05, 3.63) is 54.1 Å². The number of hydrogen-bond donors (Lipinski definition) is 0. The minimum Gasteiger partial charge on any atom is -0.494 e. The lowest BCUT2D eigenvalue weighted by atomic mass is 10.2. The van der Waals surface area contributed by atoms with E-state index in [1.807, 2.05) is 13.8 Å². The number of carbonyl (C=O) groups excluding carboxylic acids is 1. The van der Waals surface area contributed by atoms with Crippen LogP contribution < -0.4 is 9.04 Å². The van der Waals surface area contributed by atoms with E-state index >= 15 is 0 Å². The van der Waals surface area contributed by atoms with Crippen LogP contribution in [-0.2, 0) is 14.8 Å². The Morgan fingerprint density at radius 2 is 1.63 bits per heavy atom. The SMILES string of the molecule is CCOc1ccc(N(CC(=O)N(C)C2CCCC2)S(=O)(=O)c2ccc(C)cc2)cc1. The first-order valence-corrected chi connectivity index (χ1v) is 11.8. The summed E-state index contributed by atoms with van der Waals surface area (Å²) in [5.74, 6) is 0.454. The van der Waals surface area contributed by atoms with Crippen molar-refractivity contribution in [2.45, 2.75) is 50.5 Å². The van der Waals surface area contributed by atoms with Crippen LogP contribution in [0.2, 0.25) is 0 Å². The Morgan fingerprint density at radius 1 is 1.03 bits per heavy atom. The van der Waals surface area contributed by atoms with E-state index < -0.39 is 10.0 Å². The van der Waals surface area contributed by atoms with Crippen molar-refractivity contribution in [1.29, 1.82) is 0 Å². The second-order valence-corrected chi connectivity index (χ2v) is 9.56. The fourth-order valence-electron chi connectivity index (χ4n) is 3.76. The predicted octanol–water partition coefficient (Wildman–Crippen LogP) is 3.99. The lowest BCUT2D eigenvalue weighted by molar-refractivity contribution is -0.130. The maximum absolute atomic E-state index is 13.5. The number of benzene rings is 2. The second kappa shape index (κ2) is 9.51. The Kier molecular flexibility index (Phi) is 7.02. The van der Waals surface area contributed by atoms with Gasteiger partial charge in [-0.05, 0) is 63.1 Å². The molecule has 1 aliphatic rings. The Bertz CT molecular complexity index is 950. The lowest BCUT2D eigenvalue weighted by Gasteiger charge is -2.29. The highest BCUT2D eigenvalue weighted by atomic mass is 32.2. The quantitative estimate of drug-likeness (QED) is 0.635. The molecule has 2 aromatic rings. The summed E-state index contributed by atoms with van der Waals surface area (Å²) >= 11 is 0. The average molecular weight is 431 g/mol. The molecule has 30 heavy (non-hydrogen) atoms. The van der Waals surface area contributed by atoms with E-state index in [2.05, 4.69) is 0 Å². The van der Waals surface area contributed by atoms with Crippen LogP contribution in [0.3, 0.4) is 0 Å². The summed E-state index contributed by atoms with van der Waals surface area (Å²) in [7, 11) is -2.13. The smallest absolute Gasteiger partial charge is 0.264 e. The molecule has 162 valence electrons.